The van der Waals surface area contributed by atoms with Gasteiger partial charge in [-0.25, -0.2) is 9.18 Å². The highest BCUT2D eigenvalue weighted by atomic mass is 19.1. The molecule has 0 aromatic heterocycles. The molecule has 0 aliphatic carbocycles. The maximum absolute atomic E-state index is 13.4. The molecule has 0 fully saturated rings. The Kier molecular flexibility index (Phi) is 4.90. The fourth-order valence-corrected chi connectivity index (χ4v) is 1.19. The van der Waals surface area contributed by atoms with Crippen molar-refractivity contribution < 1.29 is 23.8 Å². The van der Waals surface area contributed by atoms with Gasteiger partial charge >= 0.3 is 5.97 Å². The van der Waals surface area contributed by atoms with Gasteiger partial charge in [0.2, 0.25) is 0 Å². The summed E-state index contributed by atoms with van der Waals surface area (Å²) in [4.78, 5) is 10.6. The van der Waals surface area contributed by atoms with Crippen molar-refractivity contribution in [3.8, 4) is 5.75 Å². The van der Waals surface area contributed by atoms with Gasteiger partial charge in [0.25, 0.3) is 0 Å². The van der Waals surface area contributed by atoms with E-state index in [1.54, 1.807) is 0 Å². The maximum Gasteiger partial charge on any atom is 0.335 e. The van der Waals surface area contributed by atoms with Crippen LogP contribution in [0.2, 0.25) is 0 Å². The SMILES string of the molecule is CC(C)OCCOc1ccc(C(=O)O)cc1F. The molecule has 0 amide bonds. The average molecular weight is 242 g/mol. The van der Waals surface area contributed by atoms with Crippen molar-refractivity contribution in [3.05, 3.63) is 29.6 Å². The van der Waals surface area contributed by atoms with Crippen LogP contribution in [0.4, 0.5) is 4.39 Å². The third-order valence-electron chi connectivity index (χ3n) is 1.97. The first-order valence-electron chi connectivity index (χ1n) is 5.28. The lowest BCUT2D eigenvalue weighted by Gasteiger charge is -2.10. The van der Waals surface area contributed by atoms with Crippen LogP contribution in [0.15, 0.2) is 18.2 Å². The van der Waals surface area contributed by atoms with Gasteiger partial charge in [-0.2, -0.15) is 0 Å². The first kappa shape index (κ1) is 13.4. The summed E-state index contributed by atoms with van der Waals surface area (Å²) in [6.45, 7) is 4.36. The monoisotopic (exact) mass is 242 g/mol. The van der Waals surface area contributed by atoms with Crippen molar-refractivity contribution in [2.45, 2.75) is 20.0 Å². The van der Waals surface area contributed by atoms with Crippen LogP contribution in [0.3, 0.4) is 0 Å². The molecule has 94 valence electrons. The summed E-state index contributed by atoms with van der Waals surface area (Å²) >= 11 is 0. The molecule has 0 bridgehead atoms. The molecule has 0 radical (unpaired) electrons. The summed E-state index contributed by atoms with van der Waals surface area (Å²) in [5.41, 5.74) is -0.103. The van der Waals surface area contributed by atoms with Crippen LogP contribution in [-0.2, 0) is 4.74 Å². The minimum absolute atomic E-state index is 0.0300. The van der Waals surface area contributed by atoms with E-state index >= 15 is 0 Å². The molecule has 5 heteroatoms. The summed E-state index contributed by atoms with van der Waals surface area (Å²) in [6.07, 6.45) is 0.0952. The third kappa shape index (κ3) is 4.40. The van der Waals surface area contributed by atoms with E-state index in [2.05, 4.69) is 0 Å². The molecular weight excluding hydrogens is 227 g/mol. The van der Waals surface area contributed by atoms with Crippen molar-refractivity contribution in [2.24, 2.45) is 0 Å². The highest BCUT2D eigenvalue weighted by Gasteiger charge is 2.09. The van der Waals surface area contributed by atoms with Crippen LogP contribution >= 0.6 is 0 Å². The molecule has 0 unspecified atom stereocenters. The lowest BCUT2D eigenvalue weighted by Crippen LogP contribution is -2.12. The van der Waals surface area contributed by atoms with E-state index in [9.17, 15) is 9.18 Å². The van der Waals surface area contributed by atoms with Gasteiger partial charge in [0.1, 0.15) is 6.61 Å². The van der Waals surface area contributed by atoms with Crippen LogP contribution < -0.4 is 4.74 Å². The lowest BCUT2D eigenvalue weighted by atomic mass is 10.2. The van der Waals surface area contributed by atoms with E-state index in [0.29, 0.717) is 6.61 Å². The van der Waals surface area contributed by atoms with E-state index in [0.717, 1.165) is 6.07 Å². The molecule has 0 saturated carbocycles. The Balaban J connectivity index is 2.52. The molecule has 0 aliphatic heterocycles. The predicted octanol–water partition coefficient (Wildman–Crippen LogP) is 2.33. The van der Waals surface area contributed by atoms with Gasteiger partial charge in [-0.05, 0) is 32.0 Å². The van der Waals surface area contributed by atoms with Crippen LogP contribution in [0.1, 0.15) is 24.2 Å². The molecule has 0 saturated heterocycles. The number of aromatic carboxylic acids is 1. The van der Waals surface area contributed by atoms with Gasteiger partial charge in [-0.15, -0.1) is 0 Å². The zero-order chi connectivity index (χ0) is 12.8. The lowest BCUT2D eigenvalue weighted by molar-refractivity contribution is 0.0543. The fourth-order valence-electron chi connectivity index (χ4n) is 1.19. The van der Waals surface area contributed by atoms with Gasteiger partial charge < -0.3 is 14.6 Å². The second-order valence-corrected chi connectivity index (χ2v) is 3.72. The van der Waals surface area contributed by atoms with Crippen molar-refractivity contribution >= 4 is 5.97 Å². The largest absolute Gasteiger partial charge is 0.488 e. The van der Waals surface area contributed by atoms with E-state index < -0.39 is 11.8 Å². The van der Waals surface area contributed by atoms with Crippen molar-refractivity contribution in [1.29, 1.82) is 0 Å². The van der Waals surface area contributed by atoms with Crippen molar-refractivity contribution in [1.82, 2.24) is 0 Å². The highest BCUT2D eigenvalue weighted by molar-refractivity contribution is 5.87. The second-order valence-electron chi connectivity index (χ2n) is 3.72. The van der Waals surface area contributed by atoms with Gasteiger partial charge in [0, 0.05) is 0 Å². The standard InChI is InChI=1S/C12H15FO4/c1-8(2)16-5-6-17-11-4-3-9(12(14)15)7-10(11)13/h3-4,7-8H,5-6H2,1-2H3,(H,14,15). The number of carboxylic acid groups (broad SMARTS) is 1. The Hall–Kier alpha value is -1.62. The molecule has 1 rings (SSSR count). The predicted molar refractivity (Wildman–Crippen MR) is 59.9 cm³/mol. The zero-order valence-electron chi connectivity index (χ0n) is 9.77. The van der Waals surface area contributed by atoms with Crippen LogP contribution in [0, 0.1) is 5.82 Å². The minimum atomic E-state index is -1.17. The number of carbonyl (C=O) groups is 1. The van der Waals surface area contributed by atoms with Gasteiger partial charge in [-0.1, -0.05) is 0 Å². The third-order valence-corrected chi connectivity index (χ3v) is 1.97. The Morgan fingerprint density at radius 2 is 2.12 bits per heavy atom. The molecule has 1 aromatic carbocycles. The molecule has 1 N–H and O–H groups in total. The topological polar surface area (TPSA) is 55.8 Å². The Labute approximate surface area is 99.0 Å². The fraction of sp³-hybridized carbons (Fsp3) is 0.417. The summed E-state index contributed by atoms with van der Waals surface area (Å²) in [5.74, 6) is -1.82. The van der Waals surface area contributed by atoms with E-state index in [1.807, 2.05) is 13.8 Å². The summed E-state index contributed by atoms with van der Waals surface area (Å²) in [7, 11) is 0. The summed E-state index contributed by atoms with van der Waals surface area (Å²) in [5, 5.41) is 8.65. The van der Waals surface area contributed by atoms with Crippen LogP contribution in [-0.4, -0.2) is 30.4 Å². The quantitative estimate of drug-likeness (QED) is 0.778. The molecule has 17 heavy (non-hydrogen) atoms. The second kappa shape index (κ2) is 6.20. The Morgan fingerprint density at radius 3 is 2.65 bits per heavy atom. The molecule has 0 spiro atoms. The molecule has 4 nitrogen and oxygen atoms in total. The first-order valence-corrected chi connectivity index (χ1v) is 5.28. The molecule has 0 heterocycles. The van der Waals surface area contributed by atoms with Crippen molar-refractivity contribution in [3.63, 3.8) is 0 Å². The van der Waals surface area contributed by atoms with Gasteiger partial charge in [0.15, 0.2) is 11.6 Å². The molecule has 1 aromatic rings. The number of hydrogen-bond acceptors (Lipinski definition) is 3. The number of hydrogen-bond donors (Lipinski definition) is 1. The molecular formula is C12H15FO4. The summed E-state index contributed by atoms with van der Waals surface area (Å²) in [6, 6.07) is 3.53. The number of carboxylic acids is 1. The normalized spacial score (nSPS) is 10.6. The number of benzene rings is 1. The average Bonchev–Trinajstić information content (AvgIpc) is 2.25. The first-order chi connectivity index (χ1) is 8.00. The van der Waals surface area contributed by atoms with E-state index in [4.69, 9.17) is 14.6 Å². The number of ether oxygens (including phenoxy) is 2. The number of rotatable bonds is 6. The molecule has 0 atom stereocenters. The van der Waals surface area contributed by atoms with E-state index in [-0.39, 0.29) is 24.0 Å². The van der Waals surface area contributed by atoms with Crippen LogP contribution in [0.25, 0.3) is 0 Å². The van der Waals surface area contributed by atoms with Gasteiger partial charge in [-0.3, -0.25) is 0 Å². The van der Waals surface area contributed by atoms with Crippen molar-refractivity contribution in [2.75, 3.05) is 13.2 Å². The van der Waals surface area contributed by atoms with Crippen LogP contribution in [0.5, 0.6) is 5.75 Å². The highest BCUT2D eigenvalue weighted by Crippen LogP contribution is 2.18. The maximum atomic E-state index is 13.4. The Morgan fingerprint density at radius 1 is 1.41 bits per heavy atom. The molecule has 0 aliphatic rings. The van der Waals surface area contributed by atoms with Gasteiger partial charge in [0.05, 0.1) is 18.3 Å². The number of halogens is 1. The Bertz CT molecular complexity index is 390. The minimum Gasteiger partial charge on any atom is -0.488 e. The van der Waals surface area contributed by atoms with E-state index in [1.165, 1.54) is 12.1 Å². The zero-order valence-corrected chi connectivity index (χ0v) is 9.77. The summed E-state index contributed by atoms with van der Waals surface area (Å²) < 4.78 is 23.7. The smallest absolute Gasteiger partial charge is 0.335 e.